The van der Waals surface area contributed by atoms with Crippen molar-refractivity contribution in [2.45, 2.75) is 39.7 Å². The van der Waals surface area contributed by atoms with Gasteiger partial charge in [-0.3, -0.25) is 4.79 Å². The molecule has 0 fully saturated rings. The highest BCUT2D eigenvalue weighted by molar-refractivity contribution is 5.99. The fourth-order valence-electron chi connectivity index (χ4n) is 3.41. The van der Waals surface area contributed by atoms with Gasteiger partial charge >= 0.3 is 6.16 Å². The third-order valence-corrected chi connectivity index (χ3v) is 4.96. The van der Waals surface area contributed by atoms with E-state index in [1.807, 2.05) is 51.1 Å². The smallest absolute Gasteiger partial charge is 0.434 e. The van der Waals surface area contributed by atoms with Crippen LogP contribution < -0.4 is 15.4 Å². The predicted molar refractivity (Wildman–Crippen MR) is 112 cm³/mol. The third-order valence-electron chi connectivity index (χ3n) is 4.96. The summed E-state index contributed by atoms with van der Waals surface area (Å²) in [5.41, 5.74) is 10.2. The second-order valence-corrected chi connectivity index (χ2v) is 7.82. The Morgan fingerprint density at radius 3 is 2.66 bits per heavy atom. The molecule has 1 aliphatic rings. The van der Waals surface area contributed by atoms with Gasteiger partial charge in [0.15, 0.2) is 0 Å². The summed E-state index contributed by atoms with van der Waals surface area (Å²) in [4.78, 5) is 26.4. The number of hydrogen-bond donors (Lipinski definition) is 1. The second kappa shape index (κ2) is 9.09. The van der Waals surface area contributed by atoms with E-state index in [2.05, 4.69) is 0 Å². The molecule has 0 radical (unpaired) electrons. The molecular weight excluding hydrogens is 368 g/mol. The molecule has 1 amide bonds. The molecule has 0 bridgehead atoms. The lowest BCUT2D eigenvalue weighted by molar-refractivity contribution is -0.119. The van der Waals surface area contributed by atoms with E-state index in [-0.39, 0.29) is 11.8 Å². The Morgan fingerprint density at radius 2 is 1.93 bits per heavy atom. The monoisotopic (exact) mass is 396 g/mol. The van der Waals surface area contributed by atoms with E-state index in [9.17, 15) is 9.59 Å². The Morgan fingerprint density at radius 1 is 1.17 bits per heavy atom. The molecule has 0 aromatic heterocycles. The number of fused-ring (bicyclic) bond motifs is 1. The van der Waals surface area contributed by atoms with Gasteiger partial charge in [0.2, 0.25) is 5.91 Å². The first-order chi connectivity index (χ1) is 13.8. The van der Waals surface area contributed by atoms with Crippen molar-refractivity contribution in [2.24, 2.45) is 11.7 Å². The molecule has 2 aromatic rings. The van der Waals surface area contributed by atoms with Gasteiger partial charge in [0.05, 0.1) is 12.6 Å². The lowest BCUT2D eigenvalue weighted by Crippen LogP contribution is -2.44. The zero-order valence-corrected chi connectivity index (χ0v) is 17.2. The number of aryl methyl sites for hydroxylation is 1. The summed E-state index contributed by atoms with van der Waals surface area (Å²) in [5.74, 6) is 0.577. The first-order valence-electron chi connectivity index (χ1n) is 9.94. The molecule has 0 unspecified atom stereocenters. The number of para-hydroxylation sites is 1. The predicted octanol–water partition coefficient (Wildman–Crippen LogP) is 3.63. The van der Waals surface area contributed by atoms with E-state index >= 15 is 0 Å². The molecule has 1 atom stereocenters. The average molecular weight is 396 g/mol. The van der Waals surface area contributed by atoms with Gasteiger partial charge in [-0.2, -0.15) is 0 Å². The molecule has 3 rings (SSSR count). The van der Waals surface area contributed by atoms with Crippen molar-refractivity contribution in [1.29, 1.82) is 0 Å². The van der Waals surface area contributed by atoms with Crippen LogP contribution in [-0.4, -0.2) is 31.3 Å². The molecule has 6 nitrogen and oxygen atoms in total. The molecule has 2 N–H and O–H groups in total. The molecule has 0 spiro atoms. The Kier molecular flexibility index (Phi) is 6.54. The summed E-state index contributed by atoms with van der Waals surface area (Å²) < 4.78 is 10.2. The van der Waals surface area contributed by atoms with Crippen molar-refractivity contribution < 1.29 is 19.1 Å². The van der Waals surface area contributed by atoms with Crippen LogP contribution in [0, 0.1) is 12.8 Å². The van der Waals surface area contributed by atoms with Gasteiger partial charge in [-0.05, 0) is 60.6 Å². The number of benzene rings is 2. The number of hydrogen-bond acceptors (Lipinski definition) is 5. The number of ether oxygens (including phenoxy) is 2. The van der Waals surface area contributed by atoms with Gasteiger partial charge in [0.1, 0.15) is 5.75 Å². The molecule has 1 heterocycles. The minimum absolute atomic E-state index is 0.0769. The van der Waals surface area contributed by atoms with Gasteiger partial charge in [-0.15, -0.1) is 0 Å². The van der Waals surface area contributed by atoms with Crippen molar-refractivity contribution in [3.8, 4) is 5.75 Å². The van der Waals surface area contributed by atoms with E-state index in [1.165, 1.54) is 5.56 Å². The van der Waals surface area contributed by atoms with Gasteiger partial charge < -0.3 is 20.1 Å². The lowest BCUT2D eigenvalue weighted by atomic mass is 10.0. The van der Waals surface area contributed by atoms with Crippen LogP contribution in [0.25, 0.3) is 0 Å². The van der Waals surface area contributed by atoms with Crippen molar-refractivity contribution >= 4 is 17.7 Å². The van der Waals surface area contributed by atoms with E-state index < -0.39 is 12.2 Å². The minimum atomic E-state index is -0.717. The highest BCUT2D eigenvalue weighted by atomic mass is 16.7. The standard InChI is InChI=1S/C23H28N2O4/c1-15(2)14-28-23(27)29-19-9-8-18(16(3)12-19)13-20(24)22(26)25-11-10-17-6-4-5-7-21(17)25/h4-9,12,15,20H,10-11,13-14,24H2,1-3H3/t20-/m0/s1. The van der Waals surface area contributed by atoms with Crippen LogP contribution in [-0.2, 0) is 22.4 Å². The zero-order valence-electron chi connectivity index (χ0n) is 17.2. The maximum absolute atomic E-state index is 12.9. The van der Waals surface area contributed by atoms with Crippen LogP contribution in [0.4, 0.5) is 10.5 Å². The maximum atomic E-state index is 12.9. The fourth-order valence-corrected chi connectivity index (χ4v) is 3.41. The van der Waals surface area contributed by atoms with E-state index in [0.29, 0.717) is 25.3 Å². The molecule has 2 aromatic carbocycles. The topological polar surface area (TPSA) is 81.9 Å². The summed E-state index contributed by atoms with van der Waals surface area (Å²) >= 11 is 0. The number of nitrogens with zero attached hydrogens (tertiary/aromatic N) is 1. The highest BCUT2D eigenvalue weighted by Crippen LogP contribution is 2.28. The summed E-state index contributed by atoms with van der Waals surface area (Å²) in [7, 11) is 0. The Balaban J connectivity index is 1.61. The number of nitrogens with two attached hydrogens (primary N) is 1. The van der Waals surface area contributed by atoms with Crippen molar-refractivity contribution in [3.05, 3.63) is 59.2 Å². The Labute approximate surface area is 171 Å². The first kappa shape index (κ1) is 20.9. The molecule has 0 aliphatic carbocycles. The van der Waals surface area contributed by atoms with Gasteiger partial charge in [-0.1, -0.05) is 38.1 Å². The van der Waals surface area contributed by atoms with Crippen molar-refractivity contribution in [2.75, 3.05) is 18.1 Å². The SMILES string of the molecule is Cc1cc(OC(=O)OCC(C)C)ccc1C[C@H](N)C(=O)N1CCc2ccccc21. The van der Waals surface area contributed by atoms with Crippen LogP contribution in [0.5, 0.6) is 5.75 Å². The van der Waals surface area contributed by atoms with Crippen LogP contribution in [0.2, 0.25) is 0 Å². The molecule has 154 valence electrons. The van der Waals surface area contributed by atoms with Crippen molar-refractivity contribution in [1.82, 2.24) is 0 Å². The molecule has 6 heteroatoms. The molecule has 0 saturated carbocycles. The summed E-state index contributed by atoms with van der Waals surface area (Å²) in [5, 5.41) is 0. The lowest BCUT2D eigenvalue weighted by Gasteiger charge is -2.22. The molecule has 29 heavy (non-hydrogen) atoms. The Hall–Kier alpha value is -2.86. The van der Waals surface area contributed by atoms with Crippen LogP contribution in [0.3, 0.4) is 0 Å². The maximum Gasteiger partial charge on any atom is 0.513 e. The number of rotatable bonds is 6. The molecule has 0 saturated heterocycles. The molecule has 1 aliphatic heterocycles. The van der Waals surface area contributed by atoms with Crippen LogP contribution >= 0.6 is 0 Å². The van der Waals surface area contributed by atoms with Crippen LogP contribution in [0.1, 0.15) is 30.5 Å². The highest BCUT2D eigenvalue weighted by Gasteiger charge is 2.28. The quantitative estimate of drug-likeness (QED) is 0.596. The van der Waals surface area contributed by atoms with Crippen LogP contribution in [0.15, 0.2) is 42.5 Å². The number of anilines is 1. The van der Waals surface area contributed by atoms with Crippen molar-refractivity contribution in [3.63, 3.8) is 0 Å². The van der Waals surface area contributed by atoms with E-state index in [1.54, 1.807) is 17.0 Å². The minimum Gasteiger partial charge on any atom is -0.434 e. The third kappa shape index (κ3) is 5.15. The molecular formula is C23H28N2O4. The summed E-state index contributed by atoms with van der Waals surface area (Å²) in [6, 6.07) is 12.6. The number of carbonyl (C=O) groups excluding carboxylic acids is 2. The number of carbonyl (C=O) groups is 2. The van der Waals surface area contributed by atoms with Gasteiger partial charge in [-0.25, -0.2) is 4.79 Å². The van der Waals surface area contributed by atoms with Gasteiger partial charge in [0, 0.05) is 12.2 Å². The largest absolute Gasteiger partial charge is 0.513 e. The van der Waals surface area contributed by atoms with E-state index in [0.717, 1.165) is 23.2 Å². The first-order valence-corrected chi connectivity index (χ1v) is 9.94. The fraction of sp³-hybridized carbons (Fsp3) is 0.391. The van der Waals surface area contributed by atoms with Gasteiger partial charge in [0.25, 0.3) is 0 Å². The average Bonchev–Trinajstić information content (AvgIpc) is 3.12. The van der Waals surface area contributed by atoms with E-state index in [4.69, 9.17) is 15.2 Å². The number of amides is 1. The summed E-state index contributed by atoms with van der Waals surface area (Å²) in [6.07, 6.45) is 0.555. The summed E-state index contributed by atoms with van der Waals surface area (Å²) in [6.45, 7) is 6.79. The Bertz CT molecular complexity index is 894. The normalized spacial score (nSPS) is 13.9. The zero-order chi connectivity index (χ0) is 21.0. The second-order valence-electron chi connectivity index (χ2n) is 7.82.